The number of nitrogens with two attached hydrogens (primary N) is 1. The lowest BCUT2D eigenvalue weighted by atomic mass is 10.0. The molecule has 1 saturated heterocycles. The van der Waals surface area contributed by atoms with Gasteiger partial charge in [-0.3, -0.25) is 0 Å². The van der Waals surface area contributed by atoms with E-state index in [4.69, 9.17) is 10.5 Å². The Labute approximate surface area is 115 Å². The van der Waals surface area contributed by atoms with Crippen molar-refractivity contribution < 1.29 is 13.2 Å². The van der Waals surface area contributed by atoms with Crippen LogP contribution < -0.4 is 10.5 Å². The standard InChI is InChI=1S/C11H15BrN2O3S/c1-11(4-5-17-7-11)14-18(15,16)10-6-8(13)2-3-9(10)12/h2-3,6,14H,4-5,7,13H2,1H3. The minimum atomic E-state index is -3.61. The molecule has 1 aliphatic rings. The molecule has 1 aromatic rings. The van der Waals surface area contributed by atoms with E-state index in [1.165, 1.54) is 6.07 Å². The fourth-order valence-electron chi connectivity index (χ4n) is 1.85. The summed E-state index contributed by atoms with van der Waals surface area (Å²) in [5.41, 5.74) is 5.48. The molecule has 5 nitrogen and oxygen atoms in total. The van der Waals surface area contributed by atoms with Crippen LogP contribution in [-0.4, -0.2) is 27.2 Å². The molecule has 1 aliphatic heterocycles. The molecule has 0 bridgehead atoms. The SMILES string of the molecule is CC1(NS(=O)(=O)c2cc(N)ccc2Br)CCOC1. The van der Waals surface area contributed by atoms with E-state index in [1.807, 2.05) is 6.92 Å². The first kappa shape index (κ1) is 13.8. The maximum Gasteiger partial charge on any atom is 0.242 e. The lowest BCUT2D eigenvalue weighted by Gasteiger charge is -2.23. The molecular weight excluding hydrogens is 320 g/mol. The highest BCUT2D eigenvalue weighted by molar-refractivity contribution is 9.10. The summed E-state index contributed by atoms with van der Waals surface area (Å²) in [7, 11) is -3.61. The van der Waals surface area contributed by atoms with E-state index in [1.54, 1.807) is 12.1 Å². The molecule has 7 heteroatoms. The zero-order valence-electron chi connectivity index (χ0n) is 9.94. The Hall–Kier alpha value is -0.630. The summed E-state index contributed by atoms with van der Waals surface area (Å²) in [4.78, 5) is 0.149. The second-order valence-corrected chi connectivity index (χ2v) is 7.16. The molecule has 2 rings (SSSR count). The molecular formula is C11H15BrN2O3S. The van der Waals surface area contributed by atoms with E-state index in [2.05, 4.69) is 20.7 Å². The molecule has 0 aliphatic carbocycles. The van der Waals surface area contributed by atoms with Crippen molar-refractivity contribution in [3.05, 3.63) is 22.7 Å². The van der Waals surface area contributed by atoms with Crippen molar-refractivity contribution in [1.82, 2.24) is 4.72 Å². The summed E-state index contributed by atoms with van der Waals surface area (Å²) in [5, 5.41) is 0. The van der Waals surface area contributed by atoms with Crippen molar-refractivity contribution in [2.24, 2.45) is 0 Å². The molecule has 1 heterocycles. The van der Waals surface area contributed by atoms with Crippen LogP contribution in [0, 0.1) is 0 Å². The minimum Gasteiger partial charge on any atom is -0.399 e. The van der Waals surface area contributed by atoms with Gasteiger partial charge in [-0.15, -0.1) is 0 Å². The van der Waals surface area contributed by atoms with Gasteiger partial charge in [0.1, 0.15) is 0 Å². The maximum absolute atomic E-state index is 12.3. The fourth-order valence-corrected chi connectivity index (χ4v) is 4.27. The molecule has 100 valence electrons. The van der Waals surface area contributed by atoms with Crippen LogP contribution in [0.4, 0.5) is 5.69 Å². The molecule has 0 radical (unpaired) electrons. The molecule has 0 saturated carbocycles. The van der Waals surface area contributed by atoms with Gasteiger partial charge in [0.25, 0.3) is 0 Å². The molecule has 0 spiro atoms. The van der Waals surface area contributed by atoms with Gasteiger partial charge in [0, 0.05) is 16.8 Å². The largest absolute Gasteiger partial charge is 0.399 e. The number of anilines is 1. The first-order valence-electron chi connectivity index (χ1n) is 5.49. The second-order valence-electron chi connectivity index (χ2n) is 4.66. The predicted molar refractivity (Wildman–Crippen MR) is 72.7 cm³/mol. The predicted octanol–water partition coefficient (Wildman–Crippen LogP) is 1.49. The number of benzene rings is 1. The van der Waals surface area contributed by atoms with Crippen molar-refractivity contribution in [2.45, 2.75) is 23.8 Å². The second kappa shape index (κ2) is 4.80. The van der Waals surface area contributed by atoms with E-state index in [0.29, 0.717) is 29.8 Å². The van der Waals surface area contributed by atoms with Gasteiger partial charge in [-0.25, -0.2) is 13.1 Å². The maximum atomic E-state index is 12.3. The number of ether oxygens (including phenoxy) is 1. The Morgan fingerprint density at radius 3 is 2.83 bits per heavy atom. The summed E-state index contributed by atoms with van der Waals surface area (Å²) in [6.45, 7) is 2.78. The summed E-state index contributed by atoms with van der Waals surface area (Å²) in [5.74, 6) is 0. The molecule has 1 atom stereocenters. The zero-order chi connectivity index (χ0) is 13.4. The Morgan fingerprint density at radius 1 is 1.50 bits per heavy atom. The van der Waals surface area contributed by atoms with Crippen molar-refractivity contribution in [1.29, 1.82) is 0 Å². The number of hydrogen-bond donors (Lipinski definition) is 2. The third-order valence-electron chi connectivity index (χ3n) is 2.84. The number of halogens is 1. The average molecular weight is 335 g/mol. The van der Waals surface area contributed by atoms with E-state index >= 15 is 0 Å². The fraction of sp³-hybridized carbons (Fsp3) is 0.455. The molecule has 18 heavy (non-hydrogen) atoms. The van der Waals surface area contributed by atoms with Crippen LogP contribution in [-0.2, 0) is 14.8 Å². The van der Waals surface area contributed by atoms with Crippen molar-refractivity contribution >= 4 is 31.6 Å². The van der Waals surface area contributed by atoms with Gasteiger partial charge in [0.05, 0.1) is 17.0 Å². The highest BCUT2D eigenvalue weighted by Gasteiger charge is 2.35. The Bertz CT molecular complexity index is 553. The molecule has 1 fully saturated rings. The minimum absolute atomic E-state index is 0.149. The number of nitrogen functional groups attached to an aromatic ring is 1. The van der Waals surface area contributed by atoms with Gasteiger partial charge in [0.15, 0.2) is 0 Å². The van der Waals surface area contributed by atoms with Crippen LogP contribution in [0.15, 0.2) is 27.6 Å². The summed E-state index contributed by atoms with van der Waals surface area (Å²) >= 11 is 3.23. The molecule has 3 N–H and O–H groups in total. The summed E-state index contributed by atoms with van der Waals surface area (Å²) in [6.07, 6.45) is 0.659. The lowest BCUT2D eigenvalue weighted by Crippen LogP contribution is -2.46. The smallest absolute Gasteiger partial charge is 0.242 e. The Kier molecular flexibility index (Phi) is 3.68. The molecule has 1 aromatic carbocycles. The monoisotopic (exact) mass is 334 g/mol. The van der Waals surface area contributed by atoms with E-state index in [-0.39, 0.29) is 4.90 Å². The average Bonchev–Trinajstić information content (AvgIpc) is 2.67. The van der Waals surface area contributed by atoms with E-state index in [0.717, 1.165) is 0 Å². The van der Waals surface area contributed by atoms with Gasteiger partial charge >= 0.3 is 0 Å². The Balaban J connectivity index is 2.33. The normalized spacial score (nSPS) is 24.3. The summed E-state index contributed by atoms with van der Waals surface area (Å²) in [6, 6.07) is 4.70. The van der Waals surface area contributed by atoms with Gasteiger partial charge in [-0.1, -0.05) is 0 Å². The number of hydrogen-bond acceptors (Lipinski definition) is 4. The van der Waals surface area contributed by atoms with Crippen molar-refractivity contribution in [2.75, 3.05) is 18.9 Å². The van der Waals surface area contributed by atoms with E-state index in [9.17, 15) is 8.42 Å². The van der Waals surface area contributed by atoms with Crippen LogP contribution in [0.5, 0.6) is 0 Å². The van der Waals surface area contributed by atoms with E-state index < -0.39 is 15.6 Å². The Morgan fingerprint density at radius 2 is 2.22 bits per heavy atom. The highest BCUT2D eigenvalue weighted by Crippen LogP contribution is 2.27. The van der Waals surface area contributed by atoms with Gasteiger partial charge in [-0.2, -0.15) is 0 Å². The van der Waals surface area contributed by atoms with Crippen LogP contribution in [0.25, 0.3) is 0 Å². The number of rotatable bonds is 3. The van der Waals surface area contributed by atoms with Crippen LogP contribution >= 0.6 is 15.9 Å². The zero-order valence-corrected chi connectivity index (χ0v) is 12.3. The quantitative estimate of drug-likeness (QED) is 0.820. The first-order chi connectivity index (χ1) is 8.32. The first-order valence-corrected chi connectivity index (χ1v) is 7.77. The van der Waals surface area contributed by atoms with Crippen LogP contribution in [0.1, 0.15) is 13.3 Å². The van der Waals surface area contributed by atoms with Gasteiger partial charge in [0.2, 0.25) is 10.0 Å². The van der Waals surface area contributed by atoms with Crippen molar-refractivity contribution in [3.63, 3.8) is 0 Å². The third kappa shape index (κ3) is 2.85. The van der Waals surface area contributed by atoms with Crippen LogP contribution in [0.3, 0.4) is 0 Å². The molecule has 0 aromatic heterocycles. The highest BCUT2D eigenvalue weighted by atomic mass is 79.9. The van der Waals surface area contributed by atoms with Crippen LogP contribution in [0.2, 0.25) is 0 Å². The topological polar surface area (TPSA) is 81.4 Å². The summed E-state index contributed by atoms with van der Waals surface area (Å²) < 4.78 is 33.0. The number of nitrogens with one attached hydrogen (secondary N) is 1. The number of sulfonamides is 1. The molecule has 1 unspecified atom stereocenters. The third-order valence-corrected chi connectivity index (χ3v) is 5.48. The van der Waals surface area contributed by atoms with Gasteiger partial charge in [-0.05, 0) is 47.5 Å². The van der Waals surface area contributed by atoms with Gasteiger partial charge < -0.3 is 10.5 Å². The molecule has 0 amide bonds. The van der Waals surface area contributed by atoms with Crippen molar-refractivity contribution in [3.8, 4) is 0 Å². The lowest BCUT2D eigenvalue weighted by molar-refractivity contribution is 0.178.